The third-order valence-corrected chi connectivity index (χ3v) is 2.76. The number of ether oxygens (including phenoxy) is 1. The van der Waals surface area contributed by atoms with Crippen molar-refractivity contribution in [1.82, 2.24) is 0 Å². The molecule has 1 aromatic rings. The highest BCUT2D eigenvalue weighted by Gasteiger charge is 2.40. The lowest BCUT2D eigenvalue weighted by Crippen LogP contribution is -2.34. The lowest BCUT2D eigenvalue weighted by Gasteiger charge is -2.28. The van der Waals surface area contributed by atoms with Crippen LogP contribution in [0.2, 0.25) is 0 Å². The Morgan fingerprint density at radius 3 is 2.33 bits per heavy atom. The smallest absolute Gasteiger partial charge is 0.314 e. The molecule has 0 aliphatic carbocycles. The van der Waals surface area contributed by atoms with Crippen LogP contribution in [0.25, 0.3) is 0 Å². The van der Waals surface area contributed by atoms with Gasteiger partial charge in [0.1, 0.15) is 17.7 Å². The lowest BCUT2D eigenvalue weighted by molar-refractivity contribution is -0.160. The van der Waals surface area contributed by atoms with Crippen LogP contribution in [-0.4, -0.2) is 17.7 Å². The first kappa shape index (κ1) is 14.6. The molecule has 1 aromatic carbocycles. The molecule has 3 nitrogen and oxygen atoms in total. The Morgan fingerprint density at radius 1 is 1.39 bits per heavy atom. The van der Waals surface area contributed by atoms with Crippen LogP contribution in [0.5, 0.6) is 0 Å². The van der Waals surface area contributed by atoms with E-state index in [1.165, 1.54) is 19.9 Å². The molecule has 0 fully saturated rings. The van der Waals surface area contributed by atoms with Crippen molar-refractivity contribution in [3.63, 3.8) is 0 Å². The van der Waals surface area contributed by atoms with Crippen LogP contribution in [-0.2, 0) is 9.53 Å². The highest BCUT2D eigenvalue weighted by molar-refractivity contribution is 5.77. The number of carbonyl (C=O) groups excluding carboxylic acids is 1. The SMILES string of the molecule is CCOC(=O)C(C)(C)C(O)c1c(F)cccc1F. The van der Waals surface area contributed by atoms with E-state index >= 15 is 0 Å². The van der Waals surface area contributed by atoms with Gasteiger partial charge in [-0.15, -0.1) is 0 Å². The van der Waals surface area contributed by atoms with Crippen molar-refractivity contribution in [2.24, 2.45) is 5.41 Å². The average Bonchev–Trinajstić information content (AvgIpc) is 2.28. The molecule has 0 aliphatic heterocycles. The fourth-order valence-corrected chi connectivity index (χ4v) is 1.56. The van der Waals surface area contributed by atoms with E-state index in [9.17, 15) is 18.7 Å². The maximum atomic E-state index is 13.5. The largest absolute Gasteiger partial charge is 0.465 e. The summed E-state index contributed by atoms with van der Waals surface area (Å²) in [7, 11) is 0. The molecule has 1 unspecified atom stereocenters. The molecule has 1 atom stereocenters. The van der Waals surface area contributed by atoms with Crippen molar-refractivity contribution < 1.29 is 23.4 Å². The van der Waals surface area contributed by atoms with Gasteiger partial charge in [0.2, 0.25) is 0 Å². The molecule has 18 heavy (non-hydrogen) atoms. The summed E-state index contributed by atoms with van der Waals surface area (Å²) in [6.07, 6.45) is -1.61. The predicted molar refractivity (Wildman–Crippen MR) is 61.7 cm³/mol. The fourth-order valence-electron chi connectivity index (χ4n) is 1.56. The molecule has 5 heteroatoms. The molecular weight excluding hydrogens is 242 g/mol. The molecule has 100 valence electrons. The fraction of sp³-hybridized carbons (Fsp3) is 0.462. The Bertz CT molecular complexity index is 424. The van der Waals surface area contributed by atoms with Crippen molar-refractivity contribution in [2.45, 2.75) is 26.9 Å². The summed E-state index contributed by atoms with van der Waals surface area (Å²) in [5.74, 6) is -2.49. The number of hydrogen-bond acceptors (Lipinski definition) is 3. The average molecular weight is 258 g/mol. The standard InChI is InChI=1S/C13H16F2O3/c1-4-18-12(17)13(2,3)11(16)10-8(14)6-5-7-9(10)15/h5-7,11,16H,4H2,1-3H3. The van der Waals surface area contributed by atoms with Gasteiger partial charge in [0.25, 0.3) is 0 Å². The van der Waals surface area contributed by atoms with Gasteiger partial charge in [-0.3, -0.25) is 4.79 Å². The number of esters is 1. The Labute approximate surface area is 104 Å². The summed E-state index contributed by atoms with van der Waals surface area (Å²) in [4.78, 5) is 11.7. The molecule has 0 aromatic heterocycles. The molecule has 1 N–H and O–H groups in total. The third-order valence-electron chi connectivity index (χ3n) is 2.76. The van der Waals surface area contributed by atoms with E-state index in [1.807, 2.05) is 0 Å². The van der Waals surface area contributed by atoms with Gasteiger partial charge in [-0.2, -0.15) is 0 Å². The van der Waals surface area contributed by atoms with Crippen LogP contribution in [0.1, 0.15) is 32.4 Å². The van der Waals surface area contributed by atoms with Crippen molar-refractivity contribution >= 4 is 5.97 Å². The summed E-state index contributed by atoms with van der Waals surface area (Å²) in [6, 6.07) is 3.25. The lowest BCUT2D eigenvalue weighted by atomic mass is 9.82. The highest BCUT2D eigenvalue weighted by Crippen LogP contribution is 2.36. The number of halogens is 2. The van der Waals surface area contributed by atoms with E-state index in [0.717, 1.165) is 12.1 Å². The number of carbonyl (C=O) groups is 1. The van der Waals surface area contributed by atoms with Gasteiger partial charge in [0.05, 0.1) is 17.6 Å². The normalized spacial score (nSPS) is 13.2. The minimum atomic E-state index is -1.61. The van der Waals surface area contributed by atoms with E-state index < -0.39 is 34.7 Å². The summed E-state index contributed by atoms with van der Waals surface area (Å²) < 4.78 is 31.8. The molecule has 0 bridgehead atoms. The first-order valence-corrected chi connectivity index (χ1v) is 5.61. The van der Waals surface area contributed by atoms with Gasteiger partial charge >= 0.3 is 5.97 Å². The molecule has 0 heterocycles. The number of benzene rings is 1. The maximum absolute atomic E-state index is 13.5. The monoisotopic (exact) mass is 258 g/mol. The first-order chi connectivity index (χ1) is 8.32. The van der Waals surface area contributed by atoms with Gasteiger partial charge in [-0.25, -0.2) is 8.78 Å². The van der Waals surface area contributed by atoms with Gasteiger partial charge in [-0.05, 0) is 32.9 Å². The van der Waals surface area contributed by atoms with Crippen LogP contribution in [0.4, 0.5) is 8.78 Å². The van der Waals surface area contributed by atoms with E-state index in [-0.39, 0.29) is 6.61 Å². The molecular formula is C13H16F2O3. The second-order valence-corrected chi connectivity index (χ2v) is 4.48. The molecule has 0 spiro atoms. The molecule has 0 aliphatic rings. The van der Waals surface area contributed by atoms with Gasteiger partial charge in [-0.1, -0.05) is 6.07 Å². The van der Waals surface area contributed by atoms with Crippen molar-refractivity contribution in [3.8, 4) is 0 Å². The number of hydrogen-bond donors (Lipinski definition) is 1. The van der Waals surface area contributed by atoms with Gasteiger partial charge in [0, 0.05) is 0 Å². The summed E-state index contributed by atoms with van der Waals surface area (Å²) in [5, 5.41) is 10.0. The van der Waals surface area contributed by atoms with Crippen molar-refractivity contribution in [3.05, 3.63) is 35.4 Å². The zero-order chi connectivity index (χ0) is 13.9. The van der Waals surface area contributed by atoms with E-state index in [2.05, 4.69) is 0 Å². The molecule has 0 saturated carbocycles. The van der Waals surface area contributed by atoms with Crippen LogP contribution in [0, 0.1) is 17.0 Å². The molecule has 1 rings (SSSR count). The maximum Gasteiger partial charge on any atom is 0.314 e. The first-order valence-electron chi connectivity index (χ1n) is 5.61. The van der Waals surface area contributed by atoms with Crippen LogP contribution < -0.4 is 0 Å². The van der Waals surface area contributed by atoms with Crippen molar-refractivity contribution in [2.75, 3.05) is 6.61 Å². The summed E-state index contributed by atoms with van der Waals surface area (Å²) >= 11 is 0. The van der Waals surface area contributed by atoms with E-state index in [1.54, 1.807) is 6.92 Å². The summed E-state index contributed by atoms with van der Waals surface area (Å²) in [5.41, 5.74) is -1.95. The molecule has 0 radical (unpaired) electrons. The molecule has 0 amide bonds. The number of aliphatic hydroxyl groups excluding tert-OH is 1. The Morgan fingerprint density at radius 2 is 1.89 bits per heavy atom. The van der Waals surface area contributed by atoms with Gasteiger partial charge in [0.15, 0.2) is 0 Å². The third kappa shape index (κ3) is 2.67. The Balaban J connectivity index is 3.13. The second-order valence-electron chi connectivity index (χ2n) is 4.48. The van der Waals surface area contributed by atoms with Crippen LogP contribution >= 0.6 is 0 Å². The molecule has 0 saturated heterocycles. The van der Waals surface area contributed by atoms with Crippen molar-refractivity contribution in [1.29, 1.82) is 0 Å². The van der Waals surface area contributed by atoms with Crippen LogP contribution in [0.15, 0.2) is 18.2 Å². The number of rotatable bonds is 4. The number of aliphatic hydroxyl groups is 1. The zero-order valence-corrected chi connectivity index (χ0v) is 10.5. The highest BCUT2D eigenvalue weighted by atomic mass is 19.1. The van der Waals surface area contributed by atoms with Gasteiger partial charge < -0.3 is 9.84 Å². The quantitative estimate of drug-likeness (QED) is 0.844. The van der Waals surface area contributed by atoms with E-state index in [0.29, 0.717) is 0 Å². The minimum Gasteiger partial charge on any atom is -0.465 e. The summed E-state index contributed by atoms with van der Waals surface area (Å²) in [6.45, 7) is 4.50. The van der Waals surface area contributed by atoms with Crippen LogP contribution in [0.3, 0.4) is 0 Å². The minimum absolute atomic E-state index is 0.134. The van der Waals surface area contributed by atoms with E-state index in [4.69, 9.17) is 4.74 Å². The zero-order valence-electron chi connectivity index (χ0n) is 10.5. The topological polar surface area (TPSA) is 46.5 Å². The Kier molecular flexibility index (Phi) is 4.40. The second kappa shape index (κ2) is 5.44. The predicted octanol–water partition coefficient (Wildman–Crippen LogP) is 2.59. The Hall–Kier alpha value is -1.49.